The molecule has 2 unspecified atom stereocenters. The molecule has 2 saturated heterocycles. The summed E-state index contributed by atoms with van der Waals surface area (Å²) in [5.74, 6) is 1.47. The predicted molar refractivity (Wildman–Crippen MR) is 81.6 cm³/mol. The fourth-order valence-electron chi connectivity index (χ4n) is 3.13. The van der Waals surface area contributed by atoms with Gasteiger partial charge in [-0.3, -0.25) is 5.43 Å². The van der Waals surface area contributed by atoms with Gasteiger partial charge in [-0.1, -0.05) is 11.6 Å². The first-order chi connectivity index (χ1) is 10.2. The molecule has 2 atom stereocenters. The minimum Gasteiger partial charge on any atom is -0.357 e. The van der Waals surface area contributed by atoms with Crippen LogP contribution in [-0.2, 0) is 0 Å². The average molecular weight is 307 g/mol. The fraction of sp³-hybridized carbons (Fsp3) is 0.571. The van der Waals surface area contributed by atoms with Gasteiger partial charge >= 0.3 is 0 Å². The zero-order valence-electron chi connectivity index (χ0n) is 11.7. The molecule has 7 heteroatoms. The van der Waals surface area contributed by atoms with E-state index < -0.39 is 0 Å². The lowest BCUT2D eigenvalue weighted by Gasteiger charge is -2.35. The summed E-state index contributed by atoms with van der Waals surface area (Å²) < 4.78 is 0. The topological polar surface area (TPSA) is 90.0 Å². The lowest BCUT2D eigenvalue weighted by atomic mass is 9.88. The Morgan fingerprint density at radius 3 is 2.71 bits per heavy atom. The standard InChI is InChI=1S/C14H19ClN6/c15-10-1-2-14(18-12(10)8-16)21-5-3-9(4-6-21)11-7-13(17)20-19-11/h1-2,9,11,13,19-20H,3-7,17H2. The zero-order chi connectivity index (χ0) is 14.8. The van der Waals surface area contributed by atoms with Gasteiger partial charge in [0, 0.05) is 19.1 Å². The summed E-state index contributed by atoms with van der Waals surface area (Å²) in [6, 6.07) is 6.11. The van der Waals surface area contributed by atoms with E-state index in [0.29, 0.717) is 22.7 Å². The second-order valence-electron chi connectivity index (χ2n) is 5.67. The Morgan fingerprint density at radius 1 is 1.33 bits per heavy atom. The molecule has 112 valence electrons. The molecule has 6 nitrogen and oxygen atoms in total. The first-order valence-electron chi connectivity index (χ1n) is 7.25. The second-order valence-corrected chi connectivity index (χ2v) is 6.08. The molecule has 21 heavy (non-hydrogen) atoms. The number of piperidine rings is 1. The average Bonchev–Trinajstić information content (AvgIpc) is 2.94. The lowest BCUT2D eigenvalue weighted by molar-refractivity contribution is 0.310. The molecule has 0 radical (unpaired) electrons. The number of nitrogens with two attached hydrogens (primary N) is 1. The zero-order valence-corrected chi connectivity index (χ0v) is 12.5. The molecule has 0 aromatic carbocycles. The number of rotatable bonds is 2. The molecule has 2 fully saturated rings. The maximum Gasteiger partial charge on any atom is 0.161 e. The van der Waals surface area contributed by atoms with Crippen LogP contribution in [0.15, 0.2) is 12.1 Å². The smallest absolute Gasteiger partial charge is 0.161 e. The van der Waals surface area contributed by atoms with Gasteiger partial charge in [0.05, 0.1) is 11.2 Å². The molecule has 2 aliphatic heterocycles. The third-order valence-electron chi connectivity index (χ3n) is 4.33. The number of nitrogens with zero attached hydrogens (tertiary/aromatic N) is 3. The molecule has 1 aromatic rings. The van der Waals surface area contributed by atoms with Gasteiger partial charge in [0.1, 0.15) is 11.9 Å². The van der Waals surface area contributed by atoms with E-state index in [4.69, 9.17) is 22.6 Å². The molecule has 0 bridgehead atoms. The summed E-state index contributed by atoms with van der Waals surface area (Å²) in [5, 5.41) is 9.42. The highest BCUT2D eigenvalue weighted by atomic mass is 35.5. The van der Waals surface area contributed by atoms with Crippen LogP contribution in [-0.4, -0.2) is 30.3 Å². The van der Waals surface area contributed by atoms with Crippen molar-refractivity contribution in [2.45, 2.75) is 31.5 Å². The van der Waals surface area contributed by atoms with E-state index in [1.807, 2.05) is 12.1 Å². The molecule has 3 heterocycles. The summed E-state index contributed by atoms with van der Waals surface area (Å²) in [6.07, 6.45) is 3.23. The van der Waals surface area contributed by atoms with Crippen LogP contribution < -0.4 is 21.5 Å². The van der Waals surface area contributed by atoms with Crippen molar-refractivity contribution in [3.8, 4) is 6.07 Å². The highest BCUT2D eigenvalue weighted by Crippen LogP contribution is 2.27. The monoisotopic (exact) mass is 306 g/mol. The lowest BCUT2D eigenvalue weighted by Crippen LogP contribution is -2.43. The van der Waals surface area contributed by atoms with Gasteiger partial charge in [-0.15, -0.1) is 0 Å². The van der Waals surface area contributed by atoms with Crippen molar-refractivity contribution in [2.24, 2.45) is 11.7 Å². The SMILES string of the molecule is N#Cc1nc(N2CCC(C3CC(N)NN3)CC2)ccc1Cl. The van der Waals surface area contributed by atoms with E-state index in [-0.39, 0.29) is 6.17 Å². The quantitative estimate of drug-likeness (QED) is 0.754. The normalized spacial score (nSPS) is 26.8. The molecular weight excluding hydrogens is 288 g/mol. The van der Waals surface area contributed by atoms with Crippen LogP contribution in [0.25, 0.3) is 0 Å². The van der Waals surface area contributed by atoms with Gasteiger partial charge in [-0.25, -0.2) is 10.4 Å². The number of hydrazine groups is 1. The summed E-state index contributed by atoms with van der Waals surface area (Å²) in [6.45, 7) is 1.88. The molecule has 0 aliphatic carbocycles. The molecule has 3 rings (SSSR count). The van der Waals surface area contributed by atoms with E-state index in [2.05, 4.69) is 20.7 Å². The highest BCUT2D eigenvalue weighted by Gasteiger charge is 2.31. The van der Waals surface area contributed by atoms with E-state index in [1.165, 1.54) is 0 Å². The van der Waals surface area contributed by atoms with Gasteiger partial charge in [0.25, 0.3) is 0 Å². The van der Waals surface area contributed by atoms with Crippen molar-refractivity contribution >= 4 is 17.4 Å². The molecular formula is C14H19ClN6. The van der Waals surface area contributed by atoms with Crippen molar-refractivity contribution in [2.75, 3.05) is 18.0 Å². The van der Waals surface area contributed by atoms with E-state index >= 15 is 0 Å². The number of aromatic nitrogens is 1. The van der Waals surface area contributed by atoms with E-state index in [0.717, 1.165) is 38.2 Å². The van der Waals surface area contributed by atoms with Crippen molar-refractivity contribution in [3.05, 3.63) is 22.8 Å². The van der Waals surface area contributed by atoms with Crippen LogP contribution in [0.3, 0.4) is 0 Å². The number of pyridine rings is 1. The Hall–Kier alpha value is -1.39. The number of nitriles is 1. The van der Waals surface area contributed by atoms with Gasteiger partial charge in [0.15, 0.2) is 5.69 Å². The summed E-state index contributed by atoms with van der Waals surface area (Å²) in [5.41, 5.74) is 12.5. The number of halogens is 1. The van der Waals surface area contributed by atoms with Crippen molar-refractivity contribution < 1.29 is 0 Å². The molecule has 2 aliphatic rings. The van der Waals surface area contributed by atoms with Gasteiger partial charge in [-0.2, -0.15) is 5.26 Å². The second kappa shape index (κ2) is 6.16. The highest BCUT2D eigenvalue weighted by molar-refractivity contribution is 6.31. The van der Waals surface area contributed by atoms with Crippen LogP contribution in [0, 0.1) is 17.2 Å². The summed E-state index contributed by atoms with van der Waals surface area (Å²) >= 11 is 5.93. The minimum absolute atomic E-state index is 0.0594. The molecule has 1 aromatic heterocycles. The Bertz CT molecular complexity index is 549. The van der Waals surface area contributed by atoms with Crippen molar-refractivity contribution in [1.82, 2.24) is 15.8 Å². The Kier molecular flexibility index (Phi) is 4.27. The van der Waals surface area contributed by atoms with E-state index in [9.17, 15) is 0 Å². The van der Waals surface area contributed by atoms with Crippen LogP contribution in [0.1, 0.15) is 25.0 Å². The van der Waals surface area contributed by atoms with Crippen LogP contribution in [0.2, 0.25) is 5.02 Å². The molecule has 0 saturated carbocycles. The minimum atomic E-state index is 0.0594. The molecule has 4 N–H and O–H groups in total. The van der Waals surface area contributed by atoms with E-state index in [1.54, 1.807) is 6.07 Å². The number of hydrogen-bond donors (Lipinski definition) is 3. The Morgan fingerprint density at radius 2 is 2.10 bits per heavy atom. The first kappa shape index (κ1) is 14.5. The first-order valence-corrected chi connectivity index (χ1v) is 7.63. The number of nitrogens with one attached hydrogen (secondary N) is 2. The molecule has 0 amide bonds. The van der Waals surface area contributed by atoms with Crippen LogP contribution in [0.4, 0.5) is 5.82 Å². The summed E-state index contributed by atoms with van der Waals surface area (Å²) in [4.78, 5) is 6.55. The Balaban J connectivity index is 1.62. The maximum absolute atomic E-state index is 9.01. The largest absolute Gasteiger partial charge is 0.357 e. The Labute approximate surface area is 129 Å². The van der Waals surface area contributed by atoms with Gasteiger partial charge in [0.2, 0.25) is 0 Å². The third-order valence-corrected chi connectivity index (χ3v) is 4.64. The van der Waals surface area contributed by atoms with Crippen molar-refractivity contribution in [1.29, 1.82) is 5.26 Å². The summed E-state index contributed by atoms with van der Waals surface area (Å²) in [7, 11) is 0. The maximum atomic E-state index is 9.01. The number of anilines is 1. The van der Waals surface area contributed by atoms with Crippen molar-refractivity contribution in [3.63, 3.8) is 0 Å². The number of hydrogen-bond acceptors (Lipinski definition) is 6. The van der Waals surface area contributed by atoms with Crippen LogP contribution >= 0.6 is 11.6 Å². The van der Waals surface area contributed by atoms with Gasteiger partial charge < -0.3 is 10.6 Å². The fourth-order valence-corrected chi connectivity index (χ4v) is 3.28. The predicted octanol–water partition coefficient (Wildman–Crippen LogP) is 0.974. The third kappa shape index (κ3) is 3.11. The van der Waals surface area contributed by atoms with Gasteiger partial charge in [-0.05, 0) is 37.3 Å². The molecule has 0 spiro atoms. The van der Waals surface area contributed by atoms with Crippen LogP contribution in [0.5, 0.6) is 0 Å².